The number of hydrogen-bond acceptors (Lipinski definition) is 7. The van der Waals surface area contributed by atoms with Gasteiger partial charge in [0, 0.05) is 32.1 Å². The zero-order chi connectivity index (χ0) is 21.6. The Morgan fingerprint density at radius 1 is 1.13 bits per heavy atom. The molecule has 0 spiro atoms. The molecule has 1 aliphatic carbocycles. The second kappa shape index (κ2) is 7.76. The monoisotopic (exact) mass is 444 g/mol. The Hall–Kier alpha value is -2.72. The topological polar surface area (TPSA) is 108 Å². The Morgan fingerprint density at radius 2 is 1.90 bits per heavy atom. The van der Waals surface area contributed by atoms with Crippen molar-refractivity contribution in [2.24, 2.45) is 13.0 Å². The van der Waals surface area contributed by atoms with Crippen LogP contribution in [0.2, 0.25) is 0 Å². The summed E-state index contributed by atoms with van der Waals surface area (Å²) >= 11 is 0. The quantitative estimate of drug-likeness (QED) is 0.574. The molecule has 3 aromatic rings. The fourth-order valence-corrected chi connectivity index (χ4v) is 5.46. The highest BCUT2D eigenvalue weighted by Crippen LogP contribution is 2.39. The molecule has 0 radical (unpaired) electrons. The zero-order valence-corrected chi connectivity index (χ0v) is 18.0. The summed E-state index contributed by atoms with van der Waals surface area (Å²) in [4.78, 5) is 20.3. The second-order valence-corrected chi connectivity index (χ2v) is 10.2. The lowest BCUT2D eigenvalue weighted by atomic mass is 9.99. The summed E-state index contributed by atoms with van der Waals surface area (Å²) in [7, 11) is -2.09. The molecule has 9 nitrogen and oxygen atoms in total. The Balaban J connectivity index is 1.22. The lowest BCUT2D eigenvalue weighted by Gasteiger charge is -2.31. The van der Waals surface area contributed by atoms with E-state index in [-0.39, 0.29) is 10.8 Å². The number of hydrogen-bond donors (Lipinski definition) is 0. The smallest absolute Gasteiger partial charge is 0.419 e. The maximum absolute atomic E-state index is 13.1. The van der Waals surface area contributed by atoms with Crippen LogP contribution in [-0.4, -0.2) is 47.0 Å². The summed E-state index contributed by atoms with van der Waals surface area (Å²) in [5.74, 6) is 0.884. The van der Waals surface area contributed by atoms with E-state index in [1.165, 1.54) is 39.9 Å². The van der Waals surface area contributed by atoms with Gasteiger partial charge in [0.15, 0.2) is 5.58 Å². The number of nitrogens with zero attached hydrogens (tertiary/aromatic N) is 4. The average Bonchev–Trinajstić information content (AvgIpc) is 3.59. The number of piperidine rings is 1. The molecule has 1 saturated heterocycles. The number of benzene rings is 1. The Labute approximate surface area is 179 Å². The molecule has 3 heterocycles. The van der Waals surface area contributed by atoms with Crippen molar-refractivity contribution in [3.8, 4) is 5.88 Å². The first-order chi connectivity index (χ1) is 14.9. The minimum atomic E-state index is -3.64. The number of fused-ring (bicyclic) bond motifs is 1. The van der Waals surface area contributed by atoms with Crippen LogP contribution in [0.4, 0.5) is 0 Å². The fourth-order valence-electron chi connectivity index (χ4n) is 3.97. The van der Waals surface area contributed by atoms with E-state index in [0.717, 1.165) is 5.69 Å². The molecule has 5 rings (SSSR count). The summed E-state index contributed by atoms with van der Waals surface area (Å²) in [6.07, 6.45) is 5.32. The molecule has 31 heavy (non-hydrogen) atoms. The van der Waals surface area contributed by atoms with Crippen molar-refractivity contribution >= 4 is 21.1 Å². The van der Waals surface area contributed by atoms with Gasteiger partial charge in [0.2, 0.25) is 15.9 Å². The van der Waals surface area contributed by atoms with Crippen LogP contribution in [0.15, 0.2) is 44.7 Å². The lowest BCUT2D eigenvalue weighted by molar-refractivity contribution is 0.180. The third-order valence-electron chi connectivity index (χ3n) is 6.10. The number of aromatic nitrogens is 3. The van der Waals surface area contributed by atoms with Crippen molar-refractivity contribution in [3.05, 3.63) is 46.8 Å². The van der Waals surface area contributed by atoms with Gasteiger partial charge in [-0.1, -0.05) is 0 Å². The van der Waals surface area contributed by atoms with Crippen LogP contribution in [0.25, 0.3) is 11.1 Å². The van der Waals surface area contributed by atoms with Gasteiger partial charge in [0.1, 0.15) is 6.33 Å². The van der Waals surface area contributed by atoms with E-state index in [9.17, 15) is 13.2 Å². The van der Waals surface area contributed by atoms with Crippen LogP contribution in [0.5, 0.6) is 5.88 Å². The van der Waals surface area contributed by atoms with Gasteiger partial charge in [0.25, 0.3) is 0 Å². The number of rotatable bonds is 6. The van der Waals surface area contributed by atoms with Crippen LogP contribution in [-0.2, 0) is 17.1 Å². The maximum atomic E-state index is 13.1. The van der Waals surface area contributed by atoms with E-state index in [4.69, 9.17) is 9.15 Å². The summed E-state index contributed by atoms with van der Waals surface area (Å²) < 4.78 is 40.0. The van der Waals surface area contributed by atoms with Gasteiger partial charge < -0.3 is 9.15 Å². The molecule has 2 aromatic heterocycles. The summed E-state index contributed by atoms with van der Waals surface area (Å²) in [5, 5.41) is 0. The highest BCUT2D eigenvalue weighted by atomic mass is 32.2. The number of ether oxygens (including phenoxy) is 1. The molecule has 10 heteroatoms. The van der Waals surface area contributed by atoms with Crippen molar-refractivity contribution in [2.45, 2.75) is 36.5 Å². The van der Waals surface area contributed by atoms with Gasteiger partial charge in [-0.2, -0.15) is 4.31 Å². The van der Waals surface area contributed by atoms with Crippen LogP contribution in [0, 0.1) is 5.92 Å². The molecule has 1 saturated carbocycles. The molecule has 164 valence electrons. The summed E-state index contributed by atoms with van der Waals surface area (Å²) in [5.41, 5.74) is 1.87. The molecule has 0 amide bonds. The normalized spacial score (nSPS) is 18.5. The average molecular weight is 445 g/mol. The molecule has 2 aliphatic rings. The molecule has 0 N–H and O–H groups in total. The van der Waals surface area contributed by atoms with Crippen LogP contribution >= 0.6 is 0 Å². The van der Waals surface area contributed by atoms with Crippen LogP contribution < -0.4 is 10.5 Å². The van der Waals surface area contributed by atoms with Crippen molar-refractivity contribution < 1.29 is 17.6 Å². The van der Waals surface area contributed by atoms with Crippen molar-refractivity contribution in [1.29, 1.82) is 0 Å². The summed E-state index contributed by atoms with van der Waals surface area (Å²) in [6, 6.07) is 6.43. The van der Waals surface area contributed by atoms with E-state index in [0.29, 0.717) is 55.4 Å². The van der Waals surface area contributed by atoms with Crippen LogP contribution in [0.3, 0.4) is 0 Å². The van der Waals surface area contributed by atoms with Gasteiger partial charge >= 0.3 is 5.76 Å². The largest absolute Gasteiger partial charge is 0.477 e. The lowest BCUT2D eigenvalue weighted by Crippen LogP contribution is -2.39. The van der Waals surface area contributed by atoms with Gasteiger partial charge in [0.05, 0.1) is 22.7 Å². The van der Waals surface area contributed by atoms with E-state index in [2.05, 4.69) is 9.97 Å². The van der Waals surface area contributed by atoms with Gasteiger partial charge in [-0.3, -0.25) is 4.57 Å². The highest BCUT2D eigenvalue weighted by molar-refractivity contribution is 7.89. The van der Waals surface area contributed by atoms with Gasteiger partial charge in [-0.15, -0.1) is 0 Å². The Bertz CT molecular complexity index is 1270. The van der Waals surface area contributed by atoms with Gasteiger partial charge in [-0.05, 0) is 49.8 Å². The SMILES string of the molecule is Cn1c(=O)oc2ccc(S(=O)(=O)N3CCC(COc4cc(C5CC5)ncn4)CC3)cc21. The van der Waals surface area contributed by atoms with Crippen molar-refractivity contribution in [1.82, 2.24) is 18.8 Å². The standard InChI is InChI=1S/C21H24N4O5S/c1-24-18-10-16(4-5-19(18)30-21(24)26)31(27,28)25-8-6-14(7-9-25)12-29-20-11-17(15-2-3-15)22-13-23-20/h4-5,10-11,13-15H,2-3,6-9,12H2,1H3. The number of oxazole rings is 1. The van der Waals surface area contributed by atoms with E-state index < -0.39 is 15.8 Å². The van der Waals surface area contributed by atoms with Crippen LogP contribution in [0.1, 0.15) is 37.3 Å². The zero-order valence-electron chi connectivity index (χ0n) is 17.2. The van der Waals surface area contributed by atoms with Crippen molar-refractivity contribution in [3.63, 3.8) is 0 Å². The maximum Gasteiger partial charge on any atom is 0.419 e. The Kier molecular flexibility index (Phi) is 5.05. The molecular weight excluding hydrogens is 420 g/mol. The first kappa shape index (κ1) is 20.2. The predicted molar refractivity (Wildman–Crippen MR) is 112 cm³/mol. The molecular formula is C21H24N4O5S. The van der Waals surface area contributed by atoms with Gasteiger partial charge in [-0.25, -0.2) is 23.2 Å². The first-order valence-electron chi connectivity index (χ1n) is 10.5. The molecule has 0 bridgehead atoms. The molecule has 0 unspecified atom stereocenters. The number of sulfonamides is 1. The molecule has 1 aromatic carbocycles. The molecule has 1 aliphatic heterocycles. The number of aryl methyl sites for hydroxylation is 1. The highest BCUT2D eigenvalue weighted by Gasteiger charge is 2.30. The molecule has 0 atom stereocenters. The third kappa shape index (κ3) is 3.97. The Morgan fingerprint density at radius 3 is 2.65 bits per heavy atom. The van der Waals surface area contributed by atoms with Crippen molar-refractivity contribution in [2.75, 3.05) is 19.7 Å². The minimum Gasteiger partial charge on any atom is -0.477 e. The predicted octanol–water partition coefficient (Wildman–Crippen LogP) is 2.28. The fraction of sp³-hybridized carbons (Fsp3) is 0.476. The second-order valence-electron chi connectivity index (χ2n) is 8.27. The van der Waals surface area contributed by atoms with E-state index >= 15 is 0 Å². The first-order valence-corrected chi connectivity index (χ1v) is 11.9. The summed E-state index contributed by atoms with van der Waals surface area (Å²) in [6.45, 7) is 1.36. The van der Waals surface area contributed by atoms with E-state index in [1.807, 2.05) is 6.07 Å². The molecule has 2 fully saturated rings. The van der Waals surface area contributed by atoms with E-state index in [1.54, 1.807) is 13.4 Å². The minimum absolute atomic E-state index is 0.166. The third-order valence-corrected chi connectivity index (χ3v) is 7.99.